The van der Waals surface area contributed by atoms with E-state index < -0.39 is 0 Å². The van der Waals surface area contributed by atoms with Gasteiger partial charge in [0.1, 0.15) is 6.04 Å². The van der Waals surface area contributed by atoms with E-state index in [4.69, 9.17) is 5.26 Å². The molecule has 1 saturated carbocycles. The molecule has 12 heavy (non-hydrogen) atoms. The molecule has 0 bridgehead atoms. The van der Waals surface area contributed by atoms with Crippen LogP contribution in [0.3, 0.4) is 0 Å². The average molecular weight is 189 g/mol. The van der Waals surface area contributed by atoms with Gasteiger partial charge in [-0.25, -0.2) is 0 Å². The molecule has 0 heterocycles. The first-order valence-electron chi connectivity index (χ1n) is 4.31. The van der Waals surface area contributed by atoms with Crippen molar-refractivity contribution < 1.29 is 0 Å². The van der Waals surface area contributed by atoms with Gasteiger partial charge in [0.25, 0.3) is 0 Å². The van der Waals surface area contributed by atoms with E-state index in [-0.39, 0.29) is 18.4 Å². The van der Waals surface area contributed by atoms with Gasteiger partial charge >= 0.3 is 0 Å². The quantitative estimate of drug-likeness (QED) is 0.664. The maximum Gasteiger partial charge on any atom is 0.100 e. The van der Waals surface area contributed by atoms with E-state index in [1.807, 2.05) is 19.0 Å². The fourth-order valence-corrected chi connectivity index (χ4v) is 1.92. The minimum atomic E-state index is 0. The van der Waals surface area contributed by atoms with E-state index >= 15 is 0 Å². The molecule has 0 radical (unpaired) electrons. The zero-order chi connectivity index (χ0) is 8.27. The lowest BCUT2D eigenvalue weighted by molar-refractivity contribution is 0.264. The Balaban J connectivity index is 0.00000121. The molecule has 0 amide bonds. The maximum absolute atomic E-state index is 8.87. The van der Waals surface area contributed by atoms with Gasteiger partial charge in [-0.2, -0.15) is 5.26 Å². The molecule has 2 nitrogen and oxygen atoms in total. The van der Waals surface area contributed by atoms with Gasteiger partial charge in [-0.15, -0.1) is 12.4 Å². The van der Waals surface area contributed by atoms with E-state index in [2.05, 4.69) is 6.07 Å². The van der Waals surface area contributed by atoms with Gasteiger partial charge in [-0.1, -0.05) is 12.8 Å². The molecule has 0 aromatic heterocycles. The van der Waals surface area contributed by atoms with Crippen molar-refractivity contribution in [1.29, 1.82) is 5.26 Å². The molecule has 0 N–H and O–H groups in total. The Morgan fingerprint density at radius 2 is 1.83 bits per heavy atom. The molecule has 0 aromatic rings. The first kappa shape index (κ1) is 11.7. The van der Waals surface area contributed by atoms with Crippen LogP contribution in [0.5, 0.6) is 0 Å². The highest BCUT2D eigenvalue weighted by Gasteiger charge is 2.25. The lowest BCUT2D eigenvalue weighted by atomic mass is 9.99. The first-order valence-corrected chi connectivity index (χ1v) is 4.31. The predicted octanol–water partition coefficient (Wildman–Crippen LogP) is 2.05. The Labute approximate surface area is 81.0 Å². The molecule has 1 unspecified atom stereocenters. The number of nitrogens with zero attached hydrogens (tertiary/aromatic N) is 2. The van der Waals surface area contributed by atoms with Gasteiger partial charge in [-0.3, -0.25) is 4.90 Å². The monoisotopic (exact) mass is 188 g/mol. The zero-order valence-electron chi connectivity index (χ0n) is 7.79. The summed E-state index contributed by atoms with van der Waals surface area (Å²) in [7, 11) is 3.98. The summed E-state index contributed by atoms with van der Waals surface area (Å²) in [6.45, 7) is 0. The minimum absolute atomic E-state index is 0. The summed E-state index contributed by atoms with van der Waals surface area (Å²) in [5.41, 5.74) is 0. The van der Waals surface area contributed by atoms with Crippen molar-refractivity contribution in [1.82, 2.24) is 4.90 Å². The maximum atomic E-state index is 8.87. The lowest BCUT2D eigenvalue weighted by Gasteiger charge is -2.22. The molecule has 0 spiro atoms. The van der Waals surface area contributed by atoms with Crippen molar-refractivity contribution in [3.05, 3.63) is 0 Å². The van der Waals surface area contributed by atoms with Crippen LogP contribution in [0.1, 0.15) is 25.7 Å². The van der Waals surface area contributed by atoms with Crippen LogP contribution in [-0.2, 0) is 0 Å². The van der Waals surface area contributed by atoms with Crippen LogP contribution in [0.25, 0.3) is 0 Å². The number of rotatable bonds is 2. The highest BCUT2D eigenvalue weighted by molar-refractivity contribution is 5.85. The van der Waals surface area contributed by atoms with Gasteiger partial charge in [-0.05, 0) is 32.9 Å². The van der Waals surface area contributed by atoms with Crippen molar-refractivity contribution in [3.63, 3.8) is 0 Å². The summed E-state index contributed by atoms with van der Waals surface area (Å²) in [6, 6.07) is 2.52. The molecule has 0 aliphatic heterocycles. The van der Waals surface area contributed by atoms with E-state index in [0.717, 1.165) is 0 Å². The van der Waals surface area contributed by atoms with Gasteiger partial charge in [0, 0.05) is 0 Å². The van der Waals surface area contributed by atoms with Crippen LogP contribution >= 0.6 is 12.4 Å². The highest BCUT2D eigenvalue weighted by Crippen LogP contribution is 2.28. The third kappa shape index (κ3) is 2.66. The first-order chi connectivity index (χ1) is 5.25. The summed E-state index contributed by atoms with van der Waals surface area (Å²) >= 11 is 0. The van der Waals surface area contributed by atoms with E-state index in [9.17, 15) is 0 Å². The van der Waals surface area contributed by atoms with Crippen LogP contribution in [0.4, 0.5) is 0 Å². The predicted molar refractivity (Wildman–Crippen MR) is 52.3 cm³/mol. The van der Waals surface area contributed by atoms with Crippen molar-refractivity contribution in [2.24, 2.45) is 5.92 Å². The Hall–Kier alpha value is -0.260. The Morgan fingerprint density at radius 3 is 2.17 bits per heavy atom. The Morgan fingerprint density at radius 1 is 1.33 bits per heavy atom. The second-order valence-electron chi connectivity index (χ2n) is 3.58. The molecular weight excluding hydrogens is 172 g/mol. The molecule has 1 aliphatic carbocycles. The molecular formula is C9H17ClN2. The summed E-state index contributed by atoms with van der Waals surface area (Å²) in [5, 5.41) is 8.87. The van der Waals surface area contributed by atoms with Gasteiger partial charge in [0.15, 0.2) is 0 Å². The largest absolute Gasteiger partial charge is 0.294 e. The highest BCUT2D eigenvalue weighted by atomic mass is 35.5. The Bertz CT molecular complexity index is 156. The van der Waals surface area contributed by atoms with Crippen LogP contribution < -0.4 is 0 Å². The van der Waals surface area contributed by atoms with E-state index in [1.54, 1.807) is 0 Å². The molecule has 1 aliphatic rings. The molecule has 1 atom stereocenters. The number of hydrogen-bond acceptors (Lipinski definition) is 2. The fourth-order valence-electron chi connectivity index (χ4n) is 1.92. The number of nitriles is 1. The zero-order valence-corrected chi connectivity index (χ0v) is 8.60. The number of halogens is 1. The standard InChI is InChI=1S/C9H16N2.ClH/c1-11(2)9(7-10)8-5-3-4-6-8;/h8-9H,3-6H2,1-2H3;1H. The molecule has 3 heteroatoms. The molecule has 1 fully saturated rings. The average Bonchev–Trinajstić information content (AvgIpc) is 2.40. The SMILES string of the molecule is CN(C)C(C#N)C1CCCC1.Cl. The van der Waals surface area contributed by atoms with Gasteiger partial charge in [0.05, 0.1) is 6.07 Å². The normalized spacial score (nSPS) is 20.2. The molecule has 0 saturated heterocycles. The molecule has 0 aromatic carbocycles. The van der Waals surface area contributed by atoms with Gasteiger partial charge in [0.2, 0.25) is 0 Å². The lowest BCUT2D eigenvalue weighted by Crippen LogP contribution is -2.32. The molecule has 70 valence electrons. The summed E-state index contributed by atoms with van der Waals surface area (Å²) < 4.78 is 0. The second-order valence-corrected chi connectivity index (χ2v) is 3.58. The molecule has 1 rings (SSSR count). The van der Waals surface area contributed by atoms with Gasteiger partial charge < -0.3 is 0 Å². The number of hydrogen-bond donors (Lipinski definition) is 0. The second kappa shape index (κ2) is 5.40. The van der Waals surface area contributed by atoms with Crippen molar-refractivity contribution in [2.45, 2.75) is 31.7 Å². The minimum Gasteiger partial charge on any atom is -0.294 e. The third-order valence-electron chi connectivity index (χ3n) is 2.53. The van der Waals surface area contributed by atoms with Crippen LogP contribution in [0.15, 0.2) is 0 Å². The summed E-state index contributed by atoms with van der Waals surface area (Å²) in [6.07, 6.45) is 5.13. The smallest absolute Gasteiger partial charge is 0.100 e. The topological polar surface area (TPSA) is 27.0 Å². The van der Waals surface area contributed by atoms with Crippen LogP contribution in [0, 0.1) is 17.2 Å². The Kier molecular flexibility index (Phi) is 5.28. The van der Waals surface area contributed by atoms with Crippen molar-refractivity contribution in [2.75, 3.05) is 14.1 Å². The van der Waals surface area contributed by atoms with Crippen molar-refractivity contribution >= 4 is 12.4 Å². The fraction of sp³-hybridized carbons (Fsp3) is 0.889. The van der Waals surface area contributed by atoms with Crippen LogP contribution in [-0.4, -0.2) is 25.0 Å². The third-order valence-corrected chi connectivity index (χ3v) is 2.53. The van der Waals surface area contributed by atoms with Crippen molar-refractivity contribution in [3.8, 4) is 6.07 Å². The summed E-state index contributed by atoms with van der Waals surface area (Å²) in [5.74, 6) is 0.634. The summed E-state index contributed by atoms with van der Waals surface area (Å²) in [4.78, 5) is 2.04. The van der Waals surface area contributed by atoms with Crippen LogP contribution in [0.2, 0.25) is 0 Å². The van der Waals surface area contributed by atoms with E-state index in [1.165, 1.54) is 25.7 Å². The van der Waals surface area contributed by atoms with E-state index in [0.29, 0.717) is 5.92 Å².